The van der Waals surface area contributed by atoms with Gasteiger partial charge in [-0.2, -0.15) is 0 Å². The summed E-state index contributed by atoms with van der Waals surface area (Å²) < 4.78 is 12.0. The highest BCUT2D eigenvalue weighted by Gasteiger charge is 2.33. The second-order valence-electron chi connectivity index (χ2n) is 7.13. The highest BCUT2D eigenvalue weighted by Crippen LogP contribution is 2.31. The summed E-state index contributed by atoms with van der Waals surface area (Å²) in [6.07, 6.45) is 9.93. The number of piperidine rings is 1. The Bertz CT molecular complexity index is 379. The lowest BCUT2D eigenvalue weighted by Crippen LogP contribution is -2.52. The summed E-state index contributed by atoms with van der Waals surface area (Å²) in [5, 5.41) is 3.62. The van der Waals surface area contributed by atoms with Gasteiger partial charge < -0.3 is 19.7 Å². The number of halogens is 1. The third-order valence-electron chi connectivity index (χ3n) is 5.30. The Morgan fingerprint density at radius 3 is 2.40 bits per heavy atom. The van der Waals surface area contributed by atoms with E-state index in [1.807, 2.05) is 7.05 Å². The first-order valence-corrected chi connectivity index (χ1v) is 9.94. The van der Waals surface area contributed by atoms with Crippen LogP contribution in [0.5, 0.6) is 0 Å². The van der Waals surface area contributed by atoms with Crippen LogP contribution in [-0.4, -0.2) is 62.5 Å². The number of likely N-dealkylation sites (tertiary alicyclic amines) is 1. The zero-order valence-electron chi connectivity index (χ0n) is 16.4. The first-order chi connectivity index (χ1) is 11.7. The third-order valence-corrected chi connectivity index (χ3v) is 5.30. The molecule has 0 unspecified atom stereocenters. The Labute approximate surface area is 171 Å². The number of aliphatic imine (C=N–C) groups is 1. The van der Waals surface area contributed by atoms with Crippen molar-refractivity contribution in [2.45, 2.75) is 76.9 Å². The molecule has 2 rings (SSSR count). The van der Waals surface area contributed by atoms with Gasteiger partial charge in [-0.1, -0.05) is 26.2 Å². The molecule has 0 aromatic carbocycles. The van der Waals surface area contributed by atoms with Gasteiger partial charge in [0, 0.05) is 39.9 Å². The fourth-order valence-corrected chi connectivity index (χ4v) is 3.93. The lowest BCUT2D eigenvalue weighted by Gasteiger charge is -2.39. The molecule has 1 aliphatic carbocycles. The largest absolute Gasteiger partial charge is 0.378 e. The molecule has 6 heteroatoms. The molecule has 0 atom stereocenters. The molecule has 0 aromatic rings. The SMILES string of the molecule is CCCOC1(CNC(=NC)N2CCC(OCC)CC2)CCCCC1.I. The molecular weight excluding hydrogens is 429 g/mol. The van der Waals surface area contributed by atoms with E-state index in [-0.39, 0.29) is 29.6 Å². The van der Waals surface area contributed by atoms with Crippen LogP contribution >= 0.6 is 24.0 Å². The van der Waals surface area contributed by atoms with E-state index in [0.717, 1.165) is 58.1 Å². The van der Waals surface area contributed by atoms with Gasteiger partial charge in [0.15, 0.2) is 5.96 Å². The third kappa shape index (κ3) is 7.21. The van der Waals surface area contributed by atoms with Crippen LogP contribution in [-0.2, 0) is 9.47 Å². The molecule has 2 aliphatic rings. The van der Waals surface area contributed by atoms with Crippen LogP contribution in [0.4, 0.5) is 0 Å². The number of rotatable bonds is 7. The molecule has 1 N–H and O–H groups in total. The molecule has 0 bridgehead atoms. The topological polar surface area (TPSA) is 46.1 Å². The highest BCUT2D eigenvalue weighted by molar-refractivity contribution is 14.0. The molecule has 5 nitrogen and oxygen atoms in total. The minimum absolute atomic E-state index is 0. The predicted octanol–water partition coefficient (Wildman–Crippen LogP) is 3.81. The standard InChI is InChI=1S/C19H37N3O2.HI/c1-4-15-24-19(11-7-6-8-12-19)16-21-18(20-3)22-13-9-17(10-14-22)23-5-2;/h17H,4-16H2,1-3H3,(H,20,21);1H. The summed E-state index contributed by atoms with van der Waals surface area (Å²) in [6.45, 7) is 8.86. The smallest absolute Gasteiger partial charge is 0.193 e. The number of nitrogens with one attached hydrogen (secondary N) is 1. The number of hydrogen-bond acceptors (Lipinski definition) is 3. The van der Waals surface area contributed by atoms with Crippen molar-refractivity contribution in [1.29, 1.82) is 0 Å². The Kier molecular flexibility index (Phi) is 11.3. The van der Waals surface area contributed by atoms with Crippen molar-refractivity contribution >= 4 is 29.9 Å². The fraction of sp³-hybridized carbons (Fsp3) is 0.947. The number of ether oxygens (including phenoxy) is 2. The molecule has 1 saturated heterocycles. The normalized spacial score (nSPS) is 21.7. The molecule has 1 heterocycles. The summed E-state index contributed by atoms with van der Waals surface area (Å²) in [5.74, 6) is 1.02. The van der Waals surface area contributed by atoms with Crippen molar-refractivity contribution in [1.82, 2.24) is 10.2 Å². The lowest BCUT2D eigenvalue weighted by molar-refractivity contribution is -0.0661. The summed E-state index contributed by atoms with van der Waals surface area (Å²) in [6, 6.07) is 0. The molecule has 2 fully saturated rings. The van der Waals surface area contributed by atoms with E-state index in [4.69, 9.17) is 9.47 Å². The lowest BCUT2D eigenvalue weighted by atomic mass is 9.84. The van der Waals surface area contributed by atoms with E-state index in [9.17, 15) is 0 Å². The van der Waals surface area contributed by atoms with E-state index >= 15 is 0 Å². The second kappa shape index (κ2) is 12.3. The summed E-state index contributed by atoms with van der Waals surface area (Å²) >= 11 is 0. The Morgan fingerprint density at radius 2 is 1.84 bits per heavy atom. The van der Waals surface area contributed by atoms with Crippen LogP contribution in [0.1, 0.15) is 65.2 Å². The molecule has 0 aromatic heterocycles. The Morgan fingerprint density at radius 1 is 1.16 bits per heavy atom. The van der Waals surface area contributed by atoms with E-state index in [0.29, 0.717) is 6.10 Å². The number of nitrogens with zero attached hydrogens (tertiary/aromatic N) is 2. The maximum Gasteiger partial charge on any atom is 0.193 e. The molecule has 148 valence electrons. The highest BCUT2D eigenvalue weighted by atomic mass is 127. The molecule has 1 aliphatic heterocycles. The monoisotopic (exact) mass is 467 g/mol. The van der Waals surface area contributed by atoms with Crippen LogP contribution in [0.3, 0.4) is 0 Å². The minimum Gasteiger partial charge on any atom is -0.378 e. The average Bonchev–Trinajstić information content (AvgIpc) is 2.63. The van der Waals surface area contributed by atoms with E-state index in [1.165, 1.54) is 32.1 Å². The van der Waals surface area contributed by atoms with Crippen LogP contribution in [0.2, 0.25) is 0 Å². The Balaban J connectivity index is 0.00000312. The van der Waals surface area contributed by atoms with Crippen LogP contribution in [0.25, 0.3) is 0 Å². The van der Waals surface area contributed by atoms with E-state index < -0.39 is 0 Å². The van der Waals surface area contributed by atoms with E-state index in [1.54, 1.807) is 0 Å². The van der Waals surface area contributed by atoms with Crippen LogP contribution in [0.15, 0.2) is 4.99 Å². The molecule has 0 spiro atoms. The second-order valence-corrected chi connectivity index (χ2v) is 7.13. The van der Waals surface area contributed by atoms with Gasteiger partial charge in [-0.05, 0) is 39.0 Å². The first kappa shape index (κ1) is 23.0. The first-order valence-electron chi connectivity index (χ1n) is 9.94. The minimum atomic E-state index is 0. The van der Waals surface area contributed by atoms with Gasteiger partial charge in [0.1, 0.15) is 0 Å². The molecule has 0 amide bonds. The van der Waals surface area contributed by atoms with Crippen molar-refractivity contribution < 1.29 is 9.47 Å². The van der Waals surface area contributed by atoms with Gasteiger partial charge in [0.2, 0.25) is 0 Å². The molecule has 0 radical (unpaired) electrons. The van der Waals surface area contributed by atoms with E-state index in [2.05, 4.69) is 29.1 Å². The van der Waals surface area contributed by atoms with Gasteiger partial charge >= 0.3 is 0 Å². The predicted molar refractivity (Wildman–Crippen MR) is 115 cm³/mol. The van der Waals surface area contributed by atoms with Crippen molar-refractivity contribution in [3.8, 4) is 0 Å². The quantitative estimate of drug-likeness (QED) is 0.352. The van der Waals surface area contributed by atoms with Gasteiger partial charge in [-0.15, -0.1) is 24.0 Å². The number of hydrogen-bond donors (Lipinski definition) is 1. The zero-order valence-corrected chi connectivity index (χ0v) is 18.7. The molecule has 1 saturated carbocycles. The maximum absolute atomic E-state index is 6.29. The van der Waals surface area contributed by atoms with Gasteiger partial charge in [0.25, 0.3) is 0 Å². The average molecular weight is 467 g/mol. The van der Waals surface area contributed by atoms with Crippen molar-refractivity contribution in [2.75, 3.05) is 39.9 Å². The number of guanidine groups is 1. The maximum atomic E-state index is 6.29. The summed E-state index contributed by atoms with van der Waals surface area (Å²) in [5.41, 5.74) is 0.00778. The van der Waals surface area contributed by atoms with Gasteiger partial charge in [-0.3, -0.25) is 4.99 Å². The van der Waals surface area contributed by atoms with Crippen LogP contribution < -0.4 is 5.32 Å². The zero-order chi connectivity index (χ0) is 17.3. The molecular formula is C19H38IN3O2. The summed E-state index contributed by atoms with van der Waals surface area (Å²) in [4.78, 5) is 6.88. The van der Waals surface area contributed by atoms with Crippen LogP contribution in [0, 0.1) is 0 Å². The molecule has 25 heavy (non-hydrogen) atoms. The van der Waals surface area contributed by atoms with Gasteiger partial charge in [0.05, 0.1) is 11.7 Å². The van der Waals surface area contributed by atoms with Gasteiger partial charge in [-0.25, -0.2) is 0 Å². The van der Waals surface area contributed by atoms with Crippen molar-refractivity contribution in [3.05, 3.63) is 0 Å². The fourth-order valence-electron chi connectivity index (χ4n) is 3.93. The Hall–Kier alpha value is -0.0800. The van der Waals surface area contributed by atoms with Crippen molar-refractivity contribution in [2.24, 2.45) is 4.99 Å². The van der Waals surface area contributed by atoms with Crippen molar-refractivity contribution in [3.63, 3.8) is 0 Å². The summed E-state index contributed by atoms with van der Waals surface area (Å²) in [7, 11) is 1.89.